The van der Waals surface area contributed by atoms with Crippen molar-refractivity contribution in [2.24, 2.45) is 11.3 Å². The van der Waals surface area contributed by atoms with Gasteiger partial charge in [0.2, 0.25) is 0 Å². The maximum absolute atomic E-state index is 13.4. The van der Waals surface area contributed by atoms with Gasteiger partial charge in [0.15, 0.2) is 0 Å². The van der Waals surface area contributed by atoms with Crippen molar-refractivity contribution < 1.29 is 9.53 Å². The van der Waals surface area contributed by atoms with Crippen molar-refractivity contribution >= 4 is 5.78 Å². The molecule has 0 saturated heterocycles. The third-order valence-corrected chi connectivity index (χ3v) is 6.33. The summed E-state index contributed by atoms with van der Waals surface area (Å²) in [6.45, 7) is 2.20. The Morgan fingerprint density at radius 2 is 1.71 bits per heavy atom. The number of carbonyl (C=O) groups excluding carboxylic acids is 1. The van der Waals surface area contributed by atoms with Crippen LogP contribution < -0.4 is 4.74 Å². The number of ether oxygens (including phenoxy) is 1. The summed E-state index contributed by atoms with van der Waals surface area (Å²) in [6.07, 6.45) is 3.37. The number of Topliss-reactive ketones (excluding diaryl/α,β-unsaturated/α-hetero) is 1. The Bertz CT molecular complexity index is 734. The van der Waals surface area contributed by atoms with E-state index >= 15 is 0 Å². The first kappa shape index (κ1) is 15.4. The molecule has 2 aromatic carbocycles. The van der Waals surface area contributed by atoms with E-state index < -0.39 is 0 Å². The fourth-order valence-electron chi connectivity index (χ4n) is 5.10. The second-order valence-corrected chi connectivity index (χ2v) is 7.47. The van der Waals surface area contributed by atoms with E-state index in [4.69, 9.17) is 4.74 Å². The Balaban J connectivity index is 1.81. The number of ketones is 1. The number of methoxy groups -OCH3 is 1. The highest BCUT2D eigenvalue weighted by molar-refractivity contribution is 5.95. The third kappa shape index (κ3) is 2.20. The summed E-state index contributed by atoms with van der Waals surface area (Å²) in [5.41, 5.74) is 2.28. The van der Waals surface area contributed by atoms with Gasteiger partial charge in [0.05, 0.1) is 13.0 Å². The second-order valence-electron chi connectivity index (χ2n) is 7.47. The average molecular weight is 320 g/mol. The quantitative estimate of drug-likeness (QED) is 0.799. The zero-order valence-corrected chi connectivity index (χ0v) is 14.4. The van der Waals surface area contributed by atoms with Crippen LogP contribution in [0.15, 0.2) is 54.6 Å². The Kier molecular flexibility index (Phi) is 3.71. The lowest BCUT2D eigenvalue weighted by atomic mass is 9.77. The lowest BCUT2D eigenvalue weighted by Crippen LogP contribution is -2.25. The molecule has 124 valence electrons. The average Bonchev–Trinajstić information content (AvgIpc) is 3.11. The molecule has 2 aliphatic rings. The third-order valence-electron chi connectivity index (χ3n) is 6.33. The van der Waals surface area contributed by atoms with Crippen LogP contribution >= 0.6 is 0 Å². The summed E-state index contributed by atoms with van der Waals surface area (Å²) >= 11 is 0. The number of rotatable bonds is 3. The molecule has 2 heteroatoms. The van der Waals surface area contributed by atoms with E-state index in [0.717, 1.165) is 24.2 Å². The molecule has 0 N–H and O–H groups in total. The molecule has 2 fully saturated rings. The van der Waals surface area contributed by atoms with Crippen molar-refractivity contribution in [3.05, 3.63) is 65.7 Å². The van der Waals surface area contributed by atoms with E-state index in [1.165, 1.54) is 12.0 Å². The van der Waals surface area contributed by atoms with E-state index in [-0.39, 0.29) is 11.3 Å². The molecular weight excluding hydrogens is 296 g/mol. The van der Waals surface area contributed by atoms with Gasteiger partial charge in [0, 0.05) is 11.3 Å². The summed E-state index contributed by atoms with van der Waals surface area (Å²) < 4.78 is 5.28. The molecule has 0 heterocycles. The van der Waals surface area contributed by atoms with Gasteiger partial charge in [0.1, 0.15) is 11.5 Å². The van der Waals surface area contributed by atoms with Gasteiger partial charge < -0.3 is 4.74 Å². The predicted molar refractivity (Wildman–Crippen MR) is 95.4 cm³/mol. The van der Waals surface area contributed by atoms with E-state index in [0.29, 0.717) is 17.6 Å². The number of fused-ring (bicyclic) bond motifs is 1. The highest BCUT2D eigenvalue weighted by atomic mass is 16.5. The number of hydrogen-bond acceptors (Lipinski definition) is 2. The minimum absolute atomic E-state index is 0.0337. The molecule has 4 atom stereocenters. The SMILES string of the molecule is COc1ccc([C@@H]2C(=O)[C@]3(C)CCC[C@@H]3[C@H]2c2ccccc2)cc1. The molecule has 2 aromatic rings. The fraction of sp³-hybridized carbons (Fsp3) is 0.409. The molecule has 0 bridgehead atoms. The smallest absolute Gasteiger partial charge is 0.147 e. The van der Waals surface area contributed by atoms with E-state index in [2.05, 4.69) is 49.4 Å². The standard InChI is InChI=1S/C22H24O2/c1-22-14-6-9-18(22)19(15-7-4-3-5-8-15)20(21(22)23)16-10-12-17(24-2)13-11-16/h3-5,7-8,10-13,18-20H,6,9,14H2,1-2H3/t18-,19-,20+,22-/m1/s1. The van der Waals surface area contributed by atoms with Crippen LogP contribution in [0, 0.1) is 11.3 Å². The van der Waals surface area contributed by atoms with Crippen LogP contribution in [0.3, 0.4) is 0 Å². The van der Waals surface area contributed by atoms with Crippen LogP contribution in [-0.4, -0.2) is 12.9 Å². The summed E-state index contributed by atoms with van der Waals surface area (Å²) in [4.78, 5) is 13.4. The van der Waals surface area contributed by atoms with E-state index in [1.807, 2.05) is 12.1 Å². The topological polar surface area (TPSA) is 26.3 Å². The predicted octanol–water partition coefficient (Wildman–Crippen LogP) is 4.95. The minimum Gasteiger partial charge on any atom is -0.497 e. The molecule has 0 aliphatic heterocycles. The highest BCUT2D eigenvalue weighted by Crippen LogP contribution is 2.62. The van der Waals surface area contributed by atoms with E-state index in [1.54, 1.807) is 7.11 Å². The van der Waals surface area contributed by atoms with Gasteiger partial charge in [-0.2, -0.15) is 0 Å². The molecule has 2 aliphatic carbocycles. The maximum Gasteiger partial charge on any atom is 0.147 e. The van der Waals surface area contributed by atoms with Crippen LogP contribution in [0.1, 0.15) is 49.1 Å². The van der Waals surface area contributed by atoms with Gasteiger partial charge in [-0.15, -0.1) is 0 Å². The lowest BCUT2D eigenvalue weighted by Gasteiger charge is -2.26. The largest absolute Gasteiger partial charge is 0.497 e. The maximum atomic E-state index is 13.4. The van der Waals surface area contributed by atoms with Crippen LogP contribution in [0.4, 0.5) is 0 Å². The molecule has 0 aromatic heterocycles. The van der Waals surface area contributed by atoms with Crippen molar-refractivity contribution in [3.63, 3.8) is 0 Å². The Morgan fingerprint density at radius 1 is 1.00 bits per heavy atom. The Hall–Kier alpha value is -2.09. The van der Waals surface area contributed by atoms with Gasteiger partial charge in [-0.05, 0) is 42.0 Å². The molecule has 0 amide bonds. The van der Waals surface area contributed by atoms with Crippen LogP contribution in [0.25, 0.3) is 0 Å². The van der Waals surface area contributed by atoms with Gasteiger partial charge >= 0.3 is 0 Å². The van der Waals surface area contributed by atoms with Crippen molar-refractivity contribution in [3.8, 4) is 5.75 Å². The van der Waals surface area contributed by atoms with Gasteiger partial charge in [-0.25, -0.2) is 0 Å². The number of carbonyl (C=O) groups is 1. The van der Waals surface area contributed by atoms with Crippen molar-refractivity contribution in [2.75, 3.05) is 7.11 Å². The monoisotopic (exact) mass is 320 g/mol. The zero-order chi connectivity index (χ0) is 16.7. The molecule has 2 saturated carbocycles. The summed E-state index contributed by atoms with van der Waals surface area (Å²) in [7, 11) is 1.67. The lowest BCUT2D eigenvalue weighted by molar-refractivity contribution is -0.126. The van der Waals surface area contributed by atoms with Crippen LogP contribution in [0.5, 0.6) is 5.75 Å². The molecule has 0 unspecified atom stereocenters. The first-order chi connectivity index (χ1) is 11.6. The second kappa shape index (κ2) is 5.77. The first-order valence-electron chi connectivity index (χ1n) is 8.88. The molecule has 0 radical (unpaired) electrons. The number of hydrogen-bond donors (Lipinski definition) is 0. The summed E-state index contributed by atoms with van der Waals surface area (Å²) in [6, 6.07) is 18.7. The molecule has 4 rings (SSSR count). The van der Waals surface area contributed by atoms with Gasteiger partial charge in [-0.1, -0.05) is 55.8 Å². The minimum atomic E-state index is -0.162. The van der Waals surface area contributed by atoms with Crippen molar-refractivity contribution in [2.45, 2.75) is 38.0 Å². The normalized spacial score (nSPS) is 31.9. The van der Waals surface area contributed by atoms with Crippen molar-refractivity contribution in [1.29, 1.82) is 0 Å². The number of benzene rings is 2. The van der Waals surface area contributed by atoms with Gasteiger partial charge in [0.25, 0.3) is 0 Å². The fourth-order valence-corrected chi connectivity index (χ4v) is 5.10. The highest BCUT2D eigenvalue weighted by Gasteiger charge is 2.59. The van der Waals surface area contributed by atoms with Crippen LogP contribution in [0.2, 0.25) is 0 Å². The first-order valence-corrected chi connectivity index (χ1v) is 8.88. The zero-order valence-electron chi connectivity index (χ0n) is 14.4. The summed E-state index contributed by atoms with van der Waals surface area (Å²) in [5.74, 6) is 1.99. The van der Waals surface area contributed by atoms with Crippen molar-refractivity contribution in [1.82, 2.24) is 0 Å². The molecule has 24 heavy (non-hydrogen) atoms. The van der Waals surface area contributed by atoms with Crippen LogP contribution in [-0.2, 0) is 4.79 Å². The molecule has 2 nitrogen and oxygen atoms in total. The van der Waals surface area contributed by atoms with Gasteiger partial charge in [-0.3, -0.25) is 4.79 Å². The Morgan fingerprint density at radius 3 is 2.38 bits per heavy atom. The molecule has 0 spiro atoms. The Labute approximate surface area is 143 Å². The summed E-state index contributed by atoms with van der Waals surface area (Å²) in [5, 5.41) is 0. The van der Waals surface area contributed by atoms with E-state index in [9.17, 15) is 4.79 Å². The molecular formula is C22H24O2.